The molecule has 3 rings (SSSR count). The average molecular weight is 220 g/mol. The first-order chi connectivity index (χ1) is 7.77. The number of hydrogen-bond donors (Lipinski definition) is 0. The second kappa shape index (κ2) is 4.24. The van der Waals surface area contributed by atoms with Crippen molar-refractivity contribution in [2.75, 3.05) is 0 Å². The predicted octanol–water partition coefficient (Wildman–Crippen LogP) is 3.84. The molecule has 1 aliphatic rings. The minimum absolute atomic E-state index is 0.169. The van der Waals surface area contributed by atoms with Crippen LogP contribution in [0.1, 0.15) is 38.3 Å². The number of hydrogen-bond acceptors (Lipinski definition) is 1. The van der Waals surface area contributed by atoms with Crippen molar-refractivity contribution in [1.82, 2.24) is 9.78 Å². The second-order valence-corrected chi connectivity index (χ2v) is 3.95. The maximum Gasteiger partial charge on any atom is 0.134 e. The third kappa shape index (κ3) is 1.70. The fraction of sp³-hybridized carbons (Fsp3) is 0.462. The highest BCUT2D eigenvalue weighted by molar-refractivity contribution is 5.82. The fourth-order valence-corrected chi connectivity index (χ4v) is 1.89. The molecule has 0 amide bonds. The number of fused-ring (bicyclic) bond motifs is 1. The summed E-state index contributed by atoms with van der Waals surface area (Å²) in [6, 6.07) is 3.84. The maximum absolute atomic E-state index is 13.4. The van der Waals surface area contributed by atoms with Gasteiger partial charge in [0.25, 0.3) is 0 Å². The first-order valence-electron chi connectivity index (χ1n) is 5.89. The monoisotopic (exact) mass is 220 g/mol. The van der Waals surface area contributed by atoms with Crippen LogP contribution in [0.15, 0.2) is 18.3 Å². The normalized spacial score (nSPS) is 14.8. The number of rotatable bonds is 1. The Morgan fingerprint density at radius 2 is 2.00 bits per heavy atom. The first kappa shape index (κ1) is 11.1. The van der Waals surface area contributed by atoms with Gasteiger partial charge < -0.3 is 0 Å². The van der Waals surface area contributed by atoms with Crippen molar-refractivity contribution in [1.29, 1.82) is 0 Å². The molecule has 16 heavy (non-hydrogen) atoms. The van der Waals surface area contributed by atoms with Gasteiger partial charge in [0.2, 0.25) is 0 Å². The summed E-state index contributed by atoms with van der Waals surface area (Å²) in [5, 5.41) is 4.91. The fourth-order valence-electron chi connectivity index (χ4n) is 1.89. The van der Waals surface area contributed by atoms with Crippen molar-refractivity contribution in [3.05, 3.63) is 29.7 Å². The molecule has 1 saturated carbocycles. The van der Waals surface area contributed by atoms with E-state index in [0.29, 0.717) is 11.4 Å². The quantitative estimate of drug-likeness (QED) is 0.713. The highest BCUT2D eigenvalue weighted by Gasteiger charge is 2.26. The zero-order valence-electron chi connectivity index (χ0n) is 10.00. The van der Waals surface area contributed by atoms with Gasteiger partial charge in [-0.25, -0.2) is 4.39 Å². The van der Waals surface area contributed by atoms with Gasteiger partial charge in [0.1, 0.15) is 5.82 Å². The van der Waals surface area contributed by atoms with Crippen LogP contribution in [0.25, 0.3) is 10.9 Å². The summed E-state index contributed by atoms with van der Waals surface area (Å²) in [5.41, 5.74) is 2.07. The van der Waals surface area contributed by atoms with Gasteiger partial charge in [-0.2, -0.15) is 5.10 Å². The van der Waals surface area contributed by atoms with Crippen molar-refractivity contribution in [2.24, 2.45) is 0 Å². The molecule has 0 atom stereocenters. The Morgan fingerprint density at radius 1 is 1.31 bits per heavy atom. The minimum Gasteiger partial charge on any atom is -0.261 e. The lowest BCUT2D eigenvalue weighted by Crippen LogP contribution is -1.97. The Morgan fingerprint density at radius 3 is 2.62 bits per heavy atom. The average Bonchev–Trinajstić information content (AvgIpc) is 3.06. The van der Waals surface area contributed by atoms with Crippen molar-refractivity contribution in [3.63, 3.8) is 0 Å². The van der Waals surface area contributed by atoms with Gasteiger partial charge in [0.15, 0.2) is 0 Å². The van der Waals surface area contributed by atoms with Crippen LogP contribution in [-0.2, 0) is 0 Å². The molecule has 0 bridgehead atoms. The highest BCUT2D eigenvalue weighted by Crippen LogP contribution is 2.37. The summed E-state index contributed by atoms with van der Waals surface area (Å²) < 4.78 is 15.4. The van der Waals surface area contributed by atoms with E-state index in [1.807, 2.05) is 31.5 Å². The van der Waals surface area contributed by atoms with Crippen LogP contribution < -0.4 is 0 Å². The summed E-state index contributed by atoms with van der Waals surface area (Å²) in [7, 11) is 0. The topological polar surface area (TPSA) is 17.8 Å². The lowest BCUT2D eigenvalue weighted by molar-refractivity contribution is 0.638. The van der Waals surface area contributed by atoms with Crippen LogP contribution in [0.2, 0.25) is 0 Å². The molecule has 0 N–H and O–H groups in total. The second-order valence-electron chi connectivity index (χ2n) is 3.95. The summed E-state index contributed by atoms with van der Waals surface area (Å²) in [4.78, 5) is 0. The predicted molar refractivity (Wildman–Crippen MR) is 64.0 cm³/mol. The van der Waals surface area contributed by atoms with Gasteiger partial charge in [0.05, 0.1) is 23.1 Å². The molecular weight excluding hydrogens is 203 g/mol. The van der Waals surface area contributed by atoms with Crippen molar-refractivity contribution < 1.29 is 4.39 Å². The van der Waals surface area contributed by atoms with E-state index < -0.39 is 0 Å². The lowest BCUT2D eigenvalue weighted by Gasteiger charge is -2.03. The van der Waals surface area contributed by atoms with E-state index in [1.165, 1.54) is 18.9 Å². The maximum atomic E-state index is 13.4. The molecule has 1 aromatic heterocycles. The molecule has 1 fully saturated rings. The molecule has 86 valence electrons. The van der Waals surface area contributed by atoms with Crippen LogP contribution >= 0.6 is 0 Å². The zero-order valence-corrected chi connectivity index (χ0v) is 10.00. The summed E-state index contributed by atoms with van der Waals surface area (Å²) in [5.74, 6) is -0.169. The van der Waals surface area contributed by atoms with Crippen LogP contribution in [0.5, 0.6) is 0 Å². The molecule has 2 nitrogen and oxygen atoms in total. The molecule has 3 heteroatoms. The van der Waals surface area contributed by atoms with E-state index in [4.69, 9.17) is 0 Å². The number of aromatic nitrogens is 2. The molecule has 0 saturated heterocycles. The summed E-state index contributed by atoms with van der Waals surface area (Å²) in [6.45, 7) is 6.00. The molecular formula is C13H17FN2. The number of aryl methyl sites for hydroxylation is 1. The largest absolute Gasteiger partial charge is 0.261 e. The van der Waals surface area contributed by atoms with Gasteiger partial charge in [-0.05, 0) is 31.4 Å². The third-order valence-electron chi connectivity index (χ3n) is 2.80. The van der Waals surface area contributed by atoms with Gasteiger partial charge in [-0.3, -0.25) is 4.68 Å². The van der Waals surface area contributed by atoms with Gasteiger partial charge in [-0.15, -0.1) is 0 Å². The van der Waals surface area contributed by atoms with Crippen molar-refractivity contribution in [2.45, 2.75) is 39.7 Å². The van der Waals surface area contributed by atoms with Crippen LogP contribution in [0.3, 0.4) is 0 Å². The molecule has 1 aliphatic carbocycles. The van der Waals surface area contributed by atoms with E-state index >= 15 is 0 Å². The third-order valence-corrected chi connectivity index (χ3v) is 2.80. The number of halogens is 1. The minimum atomic E-state index is -0.169. The SMILES string of the molecule is CC.Cc1ccc(F)c2cnn(C3CC3)c12. The highest BCUT2D eigenvalue weighted by atomic mass is 19.1. The van der Waals surface area contributed by atoms with E-state index in [2.05, 4.69) is 5.10 Å². The van der Waals surface area contributed by atoms with Crippen molar-refractivity contribution >= 4 is 10.9 Å². The van der Waals surface area contributed by atoms with Crippen LogP contribution in [0, 0.1) is 12.7 Å². The Balaban J connectivity index is 0.000000457. The molecule has 0 spiro atoms. The molecule has 1 aromatic carbocycles. The molecule has 2 aromatic rings. The van der Waals surface area contributed by atoms with E-state index in [1.54, 1.807) is 6.20 Å². The summed E-state index contributed by atoms with van der Waals surface area (Å²) in [6.07, 6.45) is 3.98. The Labute approximate surface area is 95.1 Å². The van der Waals surface area contributed by atoms with Crippen molar-refractivity contribution in [3.8, 4) is 0 Å². The Hall–Kier alpha value is -1.38. The van der Waals surface area contributed by atoms with Crippen LogP contribution in [0.4, 0.5) is 4.39 Å². The van der Waals surface area contributed by atoms with E-state index in [9.17, 15) is 4.39 Å². The van der Waals surface area contributed by atoms with Gasteiger partial charge >= 0.3 is 0 Å². The molecule has 0 radical (unpaired) electrons. The first-order valence-corrected chi connectivity index (χ1v) is 5.89. The van der Waals surface area contributed by atoms with Gasteiger partial charge in [-0.1, -0.05) is 19.9 Å². The van der Waals surface area contributed by atoms with Crippen LogP contribution in [-0.4, -0.2) is 9.78 Å². The molecule has 1 heterocycles. The number of nitrogens with zero attached hydrogens (tertiary/aromatic N) is 2. The Kier molecular flexibility index (Phi) is 2.95. The standard InChI is InChI=1S/C11H11FN2.C2H6/c1-7-2-5-10(12)9-6-13-14(11(7)9)8-3-4-8;1-2/h2,5-6,8H,3-4H2,1H3;1-2H3. The lowest BCUT2D eigenvalue weighted by atomic mass is 10.1. The summed E-state index contributed by atoms with van der Waals surface area (Å²) >= 11 is 0. The Bertz CT molecular complexity index is 498. The van der Waals surface area contributed by atoms with E-state index in [-0.39, 0.29) is 5.82 Å². The van der Waals surface area contributed by atoms with E-state index in [0.717, 1.165) is 11.1 Å². The van der Waals surface area contributed by atoms with Gasteiger partial charge in [0, 0.05) is 0 Å². The molecule has 0 unspecified atom stereocenters. The zero-order chi connectivity index (χ0) is 11.7. The molecule has 0 aliphatic heterocycles. The smallest absolute Gasteiger partial charge is 0.134 e. The number of benzene rings is 1.